The van der Waals surface area contributed by atoms with Gasteiger partial charge >= 0.3 is 6.09 Å². The smallest absolute Gasteiger partial charge is 0.410 e. The first kappa shape index (κ1) is 17.4. The van der Waals surface area contributed by atoms with Crippen LogP contribution in [0.1, 0.15) is 39.3 Å². The molecule has 6 heteroatoms. The van der Waals surface area contributed by atoms with Crippen LogP contribution in [0.5, 0.6) is 11.5 Å². The molecule has 0 radical (unpaired) electrons. The lowest BCUT2D eigenvalue weighted by atomic mass is 10.0. The fourth-order valence-electron chi connectivity index (χ4n) is 2.54. The number of hydrogen-bond acceptors (Lipinski definition) is 5. The Morgan fingerprint density at radius 3 is 2.83 bits per heavy atom. The molecule has 1 amide bonds. The van der Waals surface area contributed by atoms with Gasteiger partial charge in [0.05, 0.1) is 12.6 Å². The molecular weight excluding hydrogens is 296 g/mol. The summed E-state index contributed by atoms with van der Waals surface area (Å²) in [5.74, 6) is 0.582. The minimum Gasteiger partial charge on any atom is -0.504 e. The van der Waals surface area contributed by atoms with Crippen molar-refractivity contribution in [3.05, 3.63) is 23.8 Å². The number of para-hydroxylation sites is 1. The minimum absolute atomic E-state index is 0.123. The Hall–Kier alpha value is -1.95. The van der Waals surface area contributed by atoms with Crippen molar-refractivity contribution >= 4 is 6.09 Å². The molecule has 1 fully saturated rings. The number of aromatic hydroxyl groups is 1. The van der Waals surface area contributed by atoms with Crippen molar-refractivity contribution in [2.24, 2.45) is 0 Å². The van der Waals surface area contributed by atoms with Crippen LogP contribution in [0.25, 0.3) is 0 Å². The van der Waals surface area contributed by atoms with Crippen molar-refractivity contribution in [2.75, 3.05) is 26.2 Å². The van der Waals surface area contributed by atoms with Crippen molar-refractivity contribution < 1.29 is 19.4 Å². The second-order valence-corrected chi connectivity index (χ2v) is 6.56. The summed E-state index contributed by atoms with van der Waals surface area (Å²) in [4.78, 5) is 13.9. The Balaban J connectivity index is 2.12. The molecule has 1 atom stereocenters. The van der Waals surface area contributed by atoms with Gasteiger partial charge in [-0.2, -0.15) is 0 Å². The highest BCUT2D eigenvalue weighted by molar-refractivity contribution is 5.68. The number of rotatable bonds is 3. The van der Waals surface area contributed by atoms with Gasteiger partial charge in [-0.05, 0) is 33.8 Å². The maximum absolute atomic E-state index is 12.2. The molecule has 1 unspecified atom stereocenters. The number of nitrogens with zero attached hydrogens (tertiary/aromatic N) is 1. The number of nitrogens with one attached hydrogen (secondary N) is 1. The van der Waals surface area contributed by atoms with Crippen molar-refractivity contribution in [2.45, 2.75) is 39.3 Å². The molecule has 23 heavy (non-hydrogen) atoms. The summed E-state index contributed by atoms with van der Waals surface area (Å²) in [6.07, 6.45) is -0.329. The number of amides is 1. The monoisotopic (exact) mass is 322 g/mol. The second-order valence-electron chi connectivity index (χ2n) is 6.56. The van der Waals surface area contributed by atoms with Crippen molar-refractivity contribution in [1.29, 1.82) is 0 Å². The molecule has 0 bridgehead atoms. The van der Waals surface area contributed by atoms with Crippen LogP contribution in [0.4, 0.5) is 4.79 Å². The number of ether oxygens (including phenoxy) is 2. The van der Waals surface area contributed by atoms with E-state index in [4.69, 9.17) is 9.47 Å². The van der Waals surface area contributed by atoms with E-state index in [2.05, 4.69) is 5.32 Å². The van der Waals surface area contributed by atoms with Crippen LogP contribution in [0.3, 0.4) is 0 Å². The molecular formula is C17H26N2O4. The van der Waals surface area contributed by atoms with Gasteiger partial charge in [-0.3, -0.25) is 0 Å². The fourth-order valence-corrected chi connectivity index (χ4v) is 2.54. The first-order valence-electron chi connectivity index (χ1n) is 7.98. The highest BCUT2D eigenvalue weighted by Crippen LogP contribution is 2.34. The molecule has 1 aliphatic rings. The van der Waals surface area contributed by atoms with Crippen molar-refractivity contribution in [3.63, 3.8) is 0 Å². The van der Waals surface area contributed by atoms with Gasteiger partial charge in [-0.15, -0.1) is 0 Å². The lowest BCUT2D eigenvalue weighted by Crippen LogP contribution is -2.49. The van der Waals surface area contributed by atoms with Crippen LogP contribution in [0.2, 0.25) is 0 Å². The Labute approximate surface area is 137 Å². The molecule has 1 aromatic rings. The van der Waals surface area contributed by atoms with Crippen molar-refractivity contribution in [3.8, 4) is 11.5 Å². The summed E-state index contributed by atoms with van der Waals surface area (Å²) in [6.45, 7) is 9.57. The Morgan fingerprint density at radius 2 is 2.17 bits per heavy atom. The summed E-state index contributed by atoms with van der Waals surface area (Å²) in [6, 6.07) is 5.26. The van der Waals surface area contributed by atoms with E-state index in [0.717, 1.165) is 5.56 Å². The lowest BCUT2D eigenvalue weighted by Gasteiger charge is -2.35. The number of carbonyl (C=O) groups excluding carboxylic acids is 1. The summed E-state index contributed by atoms with van der Waals surface area (Å²) in [5, 5.41) is 13.7. The predicted molar refractivity (Wildman–Crippen MR) is 87.8 cm³/mol. The molecule has 1 aliphatic heterocycles. The van der Waals surface area contributed by atoms with E-state index < -0.39 is 5.60 Å². The lowest BCUT2D eigenvalue weighted by molar-refractivity contribution is 0.0194. The van der Waals surface area contributed by atoms with Gasteiger partial charge in [0, 0.05) is 25.2 Å². The van der Waals surface area contributed by atoms with Crippen LogP contribution in [0.15, 0.2) is 18.2 Å². The summed E-state index contributed by atoms with van der Waals surface area (Å²) < 4.78 is 10.9. The normalized spacial score (nSPS) is 18.6. The first-order chi connectivity index (χ1) is 10.8. The molecule has 0 aliphatic carbocycles. The maximum Gasteiger partial charge on any atom is 0.410 e. The zero-order valence-electron chi connectivity index (χ0n) is 14.3. The van der Waals surface area contributed by atoms with Crippen LogP contribution in [0, 0.1) is 0 Å². The quantitative estimate of drug-likeness (QED) is 0.895. The Morgan fingerprint density at radius 1 is 1.43 bits per heavy atom. The van der Waals surface area contributed by atoms with Gasteiger partial charge in [0.15, 0.2) is 11.5 Å². The summed E-state index contributed by atoms with van der Waals surface area (Å²) in [7, 11) is 0. The SMILES string of the molecule is CCOc1cccc(C2CN(C(=O)OC(C)(C)C)CCN2)c1O. The van der Waals surface area contributed by atoms with Crippen LogP contribution >= 0.6 is 0 Å². The number of benzene rings is 1. The average Bonchev–Trinajstić information content (AvgIpc) is 2.48. The highest BCUT2D eigenvalue weighted by atomic mass is 16.6. The van der Waals surface area contributed by atoms with Crippen LogP contribution in [-0.4, -0.2) is 47.9 Å². The van der Waals surface area contributed by atoms with E-state index in [1.165, 1.54) is 0 Å². The largest absolute Gasteiger partial charge is 0.504 e. The van der Waals surface area contributed by atoms with Crippen LogP contribution in [-0.2, 0) is 4.74 Å². The molecule has 0 aromatic heterocycles. The molecule has 2 N–H and O–H groups in total. The highest BCUT2D eigenvalue weighted by Gasteiger charge is 2.29. The maximum atomic E-state index is 12.2. The summed E-state index contributed by atoms with van der Waals surface area (Å²) in [5.41, 5.74) is 0.207. The number of phenolic OH excluding ortho intramolecular Hbond substituents is 1. The van der Waals surface area contributed by atoms with Gasteiger partial charge < -0.3 is 24.8 Å². The van der Waals surface area contributed by atoms with E-state index >= 15 is 0 Å². The number of phenols is 1. The van der Waals surface area contributed by atoms with E-state index in [9.17, 15) is 9.90 Å². The third-order valence-electron chi connectivity index (χ3n) is 3.53. The first-order valence-corrected chi connectivity index (χ1v) is 7.98. The predicted octanol–water partition coefficient (Wildman–Crippen LogP) is 2.67. The minimum atomic E-state index is -0.519. The molecule has 0 spiro atoms. The number of carbonyl (C=O) groups is 1. The Bertz CT molecular complexity index is 554. The standard InChI is InChI=1S/C17H26N2O4/c1-5-22-14-8-6-7-12(15(14)20)13-11-19(10-9-18-13)16(21)23-17(2,3)4/h6-8,13,18,20H,5,9-11H2,1-4H3. The third kappa shape index (κ3) is 4.51. The molecule has 1 saturated heterocycles. The van der Waals surface area contributed by atoms with Gasteiger partial charge in [0.1, 0.15) is 5.60 Å². The molecule has 128 valence electrons. The Kier molecular flexibility index (Phi) is 5.36. The van der Waals surface area contributed by atoms with E-state index in [0.29, 0.717) is 32.0 Å². The van der Waals surface area contributed by atoms with E-state index in [-0.39, 0.29) is 17.9 Å². The molecule has 1 aromatic carbocycles. The molecule has 2 rings (SSSR count). The molecule has 1 heterocycles. The van der Waals surface area contributed by atoms with Gasteiger partial charge in [0.25, 0.3) is 0 Å². The fraction of sp³-hybridized carbons (Fsp3) is 0.588. The summed E-state index contributed by atoms with van der Waals surface area (Å²) >= 11 is 0. The van der Waals surface area contributed by atoms with E-state index in [1.54, 1.807) is 11.0 Å². The van der Waals surface area contributed by atoms with Gasteiger partial charge in [0.2, 0.25) is 0 Å². The third-order valence-corrected chi connectivity index (χ3v) is 3.53. The van der Waals surface area contributed by atoms with Crippen molar-refractivity contribution in [1.82, 2.24) is 10.2 Å². The topological polar surface area (TPSA) is 71.0 Å². The zero-order valence-corrected chi connectivity index (χ0v) is 14.3. The number of piperazine rings is 1. The van der Waals surface area contributed by atoms with E-state index in [1.807, 2.05) is 39.8 Å². The molecule has 6 nitrogen and oxygen atoms in total. The van der Waals surface area contributed by atoms with Crippen LogP contribution < -0.4 is 10.1 Å². The van der Waals surface area contributed by atoms with Gasteiger partial charge in [-0.25, -0.2) is 4.79 Å². The second kappa shape index (κ2) is 7.08. The zero-order chi connectivity index (χ0) is 17.0. The number of hydrogen-bond donors (Lipinski definition) is 2. The van der Waals surface area contributed by atoms with Gasteiger partial charge in [-0.1, -0.05) is 12.1 Å². The molecule has 0 saturated carbocycles. The average molecular weight is 322 g/mol.